The zero-order valence-electron chi connectivity index (χ0n) is 18.0. The molecule has 0 aliphatic rings. The van der Waals surface area contributed by atoms with Gasteiger partial charge in [-0.2, -0.15) is 0 Å². The molecule has 4 nitrogen and oxygen atoms in total. The predicted molar refractivity (Wildman–Crippen MR) is 115 cm³/mol. The number of aromatic hydroxyl groups is 2. The summed E-state index contributed by atoms with van der Waals surface area (Å²) in [5.74, 6) is -1.15. The Balaban J connectivity index is 3.07. The molecular formula is C24H36O4. The summed E-state index contributed by atoms with van der Waals surface area (Å²) in [5, 5.41) is 30.5. The van der Waals surface area contributed by atoms with Crippen LogP contribution < -0.4 is 0 Å². The van der Waals surface area contributed by atoms with E-state index in [1.807, 2.05) is 13.0 Å². The molecule has 1 aromatic carbocycles. The maximum atomic E-state index is 11.7. The van der Waals surface area contributed by atoms with Crippen LogP contribution in [0.3, 0.4) is 0 Å². The predicted octanol–water partition coefficient (Wildman–Crippen LogP) is 6.40. The lowest BCUT2D eigenvalue weighted by Crippen LogP contribution is -2.06. The van der Waals surface area contributed by atoms with Crippen LogP contribution in [0.5, 0.6) is 11.5 Å². The number of phenols is 2. The number of carbonyl (C=O) groups is 1. The van der Waals surface area contributed by atoms with Crippen molar-refractivity contribution >= 4 is 5.97 Å². The minimum Gasteiger partial charge on any atom is -0.508 e. The Morgan fingerprint density at radius 1 is 1.14 bits per heavy atom. The number of phenolic OH excluding ortho intramolecular Hbond substituents is 1. The van der Waals surface area contributed by atoms with E-state index in [0.717, 1.165) is 37.7 Å². The molecule has 0 amide bonds. The van der Waals surface area contributed by atoms with Gasteiger partial charge in [0.2, 0.25) is 0 Å². The molecule has 1 atom stereocenters. The molecule has 0 saturated heterocycles. The first kappa shape index (κ1) is 23.8. The van der Waals surface area contributed by atoms with Crippen LogP contribution in [-0.4, -0.2) is 21.3 Å². The smallest absolute Gasteiger partial charge is 0.339 e. The van der Waals surface area contributed by atoms with Gasteiger partial charge in [-0.1, -0.05) is 56.9 Å². The molecule has 1 unspecified atom stereocenters. The molecule has 0 bridgehead atoms. The van der Waals surface area contributed by atoms with E-state index in [1.165, 1.54) is 11.6 Å². The summed E-state index contributed by atoms with van der Waals surface area (Å²) in [7, 11) is 0. The van der Waals surface area contributed by atoms with Crippen LogP contribution >= 0.6 is 0 Å². The Hall–Kier alpha value is -2.23. The topological polar surface area (TPSA) is 77.8 Å². The highest BCUT2D eigenvalue weighted by Gasteiger charge is 2.21. The molecule has 0 aromatic heterocycles. The highest BCUT2D eigenvalue weighted by atomic mass is 16.4. The number of aryl methyl sites for hydroxylation is 1. The Labute approximate surface area is 169 Å². The van der Waals surface area contributed by atoms with Gasteiger partial charge in [0.05, 0.1) is 0 Å². The number of allylic oxidation sites excluding steroid dienone is 4. The maximum Gasteiger partial charge on any atom is 0.339 e. The third-order valence-electron chi connectivity index (χ3n) is 5.51. The van der Waals surface area contributed by atoms with E-state index in [1.54, 1.807) is 0 Å². The monoisotopic (exact) mass is 388 g/mol. The lowest BCUT2D eigenvalue weighted by Gasteiger charge is -2.15. The van der Waals surface area contributed by atoms with Gasteiger partial charge in [-0.25, -0.2) is 4.79 Å². The van der Waals surface area contributed by atoms with E-state index >= 15 is 0 Å². The molecule has 0 heterocycles. The summed E-state index contributed by atoms with van der Waals surface area (Å²) in [4.78, 5) is 11.7. The van der Waals surface area contributed by atoms with Crippen LogP contribution in [0.2, 0.25) is 0 Å². The summed E-state index contributed by atoms with van der Waals surface area (Å²) in [6.45, 7) is 10.5. The molecule has 28 heavy (non-hydrogen) atoms. The van der Waals surface area contributed by atoms with Gasteiger partial charge in [0, 0.05) is 5.56 Å². The zero-order valence-corrected chi connectivity index (χ0v) is 18.0. The van der Waals surface area contributed by atoms with Gasteiger partial charge >= 0.3 is 5.97 Å². The standard InChI is InChI=1S/C24H36O4/c1-6-8-9-10-19-15-21(25)20(23(26)22(19)24(27)28)14-13-18(5)17(4)12-11-16(3)7-2/h11,13,15,17,25-26H,6-10,12,14H2,1-5H3,(H,27,28). The van der Waals surface area contributed by atoms with E-state index in [2.05, 4.69) is 33.8 Å². The van der Waals surface area contributed by atoms with Crippen LogP contribution in [0.4, 0.5) is 0 Å². The second-order valence-electron chi connectivity index (χ2n) is 7.71. The third kappa shape index (κ3) is 6.74. The van der Waals surface area contributed by atoms with E-state index in [9.17, 15) is 20.1 Å². The molecule has 3 N–H and O–H groups in total. The molecule has 0 spiro atoms. The molecule has 156 valence electrons. The van der Waals surface area contributed by atoms with E-state index in [4.69, 9.17) is 0 Å². The van der Waals surface area contributed by atoms with Gasteiger partial charge in [0.15, 0.2) is 0 Å². The first-order chi connectivity index (χ1) is 13.2. The van der Waals surface area contributed by atoms with Gasteiger partial charge in [0.25, 0.3) is 0 Å². The van der Waals surface area contributed by atoms with Crippen LogP contribution in [0.15, 0.2) is 29.4 Å². The van der Waals surface area contributed by atoms with Crippen molar-refractivity contribution in [2.45, 2.75) is 79.6 Å². The number of hydrogen-bond donors (Lipinski definition) is 3. The summed E-state index contributed by atoms with van der Waals surface area (Å²) < 4.78 is 0. The van der Waals surface area contributed by atoms with E-state index in [0.29, 0.717) is 24.3 Å². The van der Waals surface area contributed by atoms with Crippen molar-refractivity contribution in [2.24, 2.45) is 5.92 Å². The average Bonchev–Trinajstić information content (AvgIpc) is 2.64. The van der Waals surface area contributed by atoms with Crippen molar-refractivity contribution in [3.05, 3.63) is 46.1 Å². The summed E-state index contributed by atoms with van der Waals surface area (Å²) >= 11 is 0. The molecule has 0 radical (unpaired) electrons. The minimum atomic E-state index is -1.15. The highest BCUT2D eigenvalue weighted by molar-refractivity contribution is 5.93. The second kappa shape index (κ2) is 11.6. The largest absolute Gasteiger partial charge is 0.508 e. The number of rotatable bonds is 11. The molecule has 0 aliphatic carbocycles. The Morgan fingerprint density at radius 3 is 2.39 bits per heavy atom. The zero-order chi connectivity index (χ0) is 21.3. The van der Waals surface area contributed by atoms with Crippen LogP contribution in [0, 0.1) is 5.92 Å². The fourth-order valence-corrected chi connectivity index (χ4v) is 3.12. The average molecular weight is 389 g/mol. The number of carboxylic acid groups (broad SMARTS) is 1. The quantitative estimate of drug-likeness (QED) is 0.303. The molecular weight excluding hydrogens is 352 g/mol. The molecule has 0 fully saturated rings. The van der Waals surface area contributed by atoms with Crippen molar-refractivity contribution in [1.29, 1.82) is 0 Å². The first-order valence-electron chi connectivity index (χ1n) is 10.3. The lowest BCUT2D eigenvalue weighted by molar-refractivity contribution is 0.0692. The van der Waals surface area contributed by atoms with Crippen molar-refractivity contribution < 1.29 is 20.1 Å². The lowest BCUT2D eigenvalue weighted by atomic mass is 9.93. The van der Waals surface area contributed by atoms with Crippen LogP contribution in [-0.2, 0) is 12.8 Å². The summed E-state index contributed by atoms with van der Waals surface area (Å²) in [6, 6.07) is 1.51. The van der Waals surface area contributed by atoms with E-state index in [-0.39, 0.29) is 22.6 Å². The van der Waals surface area contributed by atoms with E-state index < -0.39 is 5.97 Å². The Bertz CT molecular complexity index is 729. The number of unbranched alkanes of at least 4 members (excludes halogenated alkanes) is 2. The fourth-order valence-electron chi connectivity index (χ4n) is 3.12. The number of hydrogen-bond acceptors (Lipinski definition) is 3. The van der Waals surface area contributed by atoms with Gasteiger partial charge < -0.3 is 15.3 Å². The maximum absolute atomic E-state index is 11.7. The number of aromatic carboxylic acids is 1. The van der Waals surface area contributed by atoms with Crippen molar-refractivity contribution in [3.8, 4) is 11.5 Å². The normalized spacial score (nSPS) is 13.6. The summed E-state index contributed by atoms with van der Waals surface area (Å²) in [5.41, 5.74) is 3.21. The van der Waals surface area contributed by atoms with Crippen LogP contribution in [0.1, 0.15) is 88.2 Å². The Kier molecular flexibility index (Phi) is 9.84. The van der Waals surface area contributed by atoms with Crippen molar-refractivity contribution in [1.82, 2.24) is 0 Å². The Morgan fingerprint density at radius 2 is 1.82 bits per heavy atom. The minimum absolute atomic E-state index is 0.0348. The van der Waals surface area contributed by atoms with Gasteiger partial charge in [-0.3, -0.25) is 0 Å². The van der Waals surface area contributed by atoms with Crippen molar-refractivity contribution in [2.75, 3.05) is 0 Å². The van der Waals surface area contributed by atoms with Gasteiger partial charge in [0.1, 0.15) is 17.1 Å². The third-order valence-corrected chi connectivity index (χ3v) is 5.51. The highest BCUT2D eigenvalue weighted by Crippen LogP contribution is 2.35. The van der Waals surface area contributed by atoms with Gasteiger partial charge in [-0.15, -0.1) is 0 Å². The SMILES string of the molecule is CCCCCc1cc(O)c(CC=C(C)C(C)CC=C(C)CC)c(O)c1C(=O)O. The molecule has 0 saturated carbocycles. The molecule has 4 heteroatoms. The van der Waals surface area contributed by atoms with Crippen LogP contribution in [0.25, 0.3) is 0 Å². The van der Waals surface area contributed by atoms with Crippen molar-refractivity contribution in [3.63, 3.8) is 0 Å². The number of carboxylic acids is 1. The molecule has 1 aromatic rings. The molecule has 0 aliphatic heterocycles. The van der Waals surface area contributed by atoms with Gasteiger partial charge in [-0.05, 0) is 63.5 Å². The number of benzene rings is 1. The fraction of sp³-hybridized carbons (Fsp3) is 0.542. The second-order valence-corrected chi connectivity index (χ2v) is 7.71. The summed E-state index contributed by atoms with van der Waals surface area (Å²) in [6.07, 6.45) is 9.86. The molecule has 1 rings (SSSR count). The first-order valence-corrected chi connectivity index (χ1v) is 10.3.